The summed E-state index contributed by atoms with van der Waals surface area (Å²) in [6.45, 7) is 2.05. The molecule has 0 amide bonds. The zero-order valence-electron chi connectivity index (χ0n) is 8.91. The highest BCUT2D eigenvalue weighted by molar-refractivity contribution is 14.1. The fraction of sp³-hybridized carbons (Fsp3) is 0.300. The lowest BCUT2D eigenvalue weighted by Gasteiger charge is -2.06. The lowest BCUT2D eigenvalue weighted by Crippen LogP contribution is -2.02. The van der Waals surface area contributed by atoms with E-state index in [-0.39, 0.29) is 0 Å². The molecule has 0 atom stereocenters. The van der Waals surface area contributed by atoms with E-state index in [1.54, 1.807) is 10.9 Å². The van der Waals surface area contributed by atoms with Crippen LogP contribution in [0, 0.1) is 3.57 Å². The minimum absolute atomic E-state index is 0.503. The van der Waals surface area contributed by atoms with Gasteiger partial charge in [-0.25, -0.2) is 9.97 Å². The summed E-state index contributed by atoms with van der Waals surface area (Å²) in [6, 6.07) is 1.87. The second-order valence-electron chi connectivity index (χ2n) is 3.29. The van der Waals surface area contributed by atoms with Gasteiger partial charge in [0.05, 0.1) is 9.26 Å². The third-order valence-corrected chi connectivity index (χ3v) is 3.99. The maximum atomic E-state index is 6.08. The number of halogens is 2. The van der Waals surface area contributed by atoms with E-state index in [0.29, 0.717) is 11.0 Å². The van der Waals surface area contributed by atoms with Crippen LogP contribution in [0.15, 0.2) is 12.3 Å². The van der Waals surface area contributed by atoms with Gasteiger partial charge < -0.3 is 0 Å². The van der Waals surface area contributed by atoms with E-state index < -0.39 is 0 Å². The smallest absolute Gasteiger partial charge is 0.179 e. The number of hydrogen-bond acceptors (Lipinski definition) is 3. The minimum Gasteiger partial charge on any atom is -0.265 e. The zero-order valence-corrected chi connectivity index (χ0v) is 11.8. The van der Waals surface area contributed by atoms with Crippen LogP contribution in [0.3, 0.4) is 0 Å². The molecule has 2 rings (SSSR count). The topological polar surface area (TPSA) is 43.6 Å². The normalized spacial score (nSPS) is 10.8. The van der Waals surface area contributed by atoms with E-state index in [1.807, 2.05) is 20.0 Å². The van der Waals surface area contributed by atoms with Crippen molar-refractivity contribution in [1.82, 2.24) is 19.7 Å². The third-order valence-electron chi connectivity index (χ3n) is 2.26. The van der Waals surface area contributed by atoms with Crippen LogP contribution in [0.1, 0.15) is 12.6 Å². The van der Waals surface area contributed by atoms with Gasteiger partial charge in [-0.1, -0.05) is 18.5 Å². The Bertz CT molecular complexity index is 524. The molecule has 16 heavy (non-hydrogen) atoms. The maximum absolute atomic E-state index is 6.08. The zero-order chi connectivity index (χ0) is 11.7. The average Bonchev–Trinajstić information content (AvgIpc) is 2.68. The summed E-state index contributed by atoms with van der Waals surface area (Å²) in [5.74, 6) is 0.627. The van der Waals surface area contributed by atoms with Gasteiger partial charge in [0.25, 0.3) is 0 Å². The number of rotatable bonds is 2. The molecule has 2 heterocycles. The lowest BCUT2D eigenvalue weighted by molar-refractivity contribution is 0.768. The highest BCUT2D eigenvalue weighted by atomic mass is 127. The van der Waals surface area contributed by atoms with E-state index >= 15 is 0 Å². The summed E-state index contributed by atoms with van der Waals surface area (Å²) < 4.78 is 2.66. The Morgan fingerprint density at radius 2 is 2.19 bits per heavy atom. The molecule has 2 aromatic rings. The van der Waals surface area contributed by atoms with Crippen molar-refractivity contribution in [2.24, 2.45) is 7.05 Å². The largest absolute Gasteiger partial charge is 0.265 e. The Balaban J connectivity index is 2.59. The van der Waals surface area contributed by atoms with Crippen LogP contribution in [0.2, 0.25) is 5.15 Å². The van der Waals surface area contributed by atoms with Crippen molar-refractivity contribution in [1.29, 1.82) is 0 Å². The highest BCUT2D eigenvalue weighted by Gasteiger charge is 2.12. The molecule has 84 valence electrons. The second kappa shape index (κ2) is 4.67. The molecule has 0 saturated carbocycles. The molecule has 0 radical (unpaired) electrons. The van der Waals surface area contributed by atoms with Gasteiger partial charge in [0, 0.05) is 13.2 Å². The SMILES string of the molecule is CCc1nc(-c2ccnn2C)nc(Cl)c1I. The van der Waals surface area contributed by atoms with Crippen molar-refractivity contribution in [3.8, 4) is 11.5 Å². The molecule has 0 aromatic carbocycles. The molecular formula is C10H10ClIN4. The van der Waals surface area contributed by atoms with E-state index in [2.05, 4.69) is 37.7 Å². The first kappa shape index (κ1) is 11.8. The van der Waals surface area contributed by atoms with Crippen molar-refractivity contribution in [3.63, 3.8) is 0 Å². The van der Waals surface area contributed by atoms with Crippen LogP contribution in [-0.4, -0.2) is 19.7 Å². The molecule has 0 aliphatic carbocycles. The first-order chi connectivity index (χ1) is 7.63. The second-order valence-corrected chi connectivity index (χ2v) is 4.73. The predicted molar refractivity (Wildman–Crippen MR) is 71.3 cm³/mol. The Labute approximate surface area is 112 Å². The summed E-state index contributed by atoms with van der Waals surface area (Å²) >= 11 is 8.25. The first-order valence-electron chi connectivity index (χ1n) is 4.83. The molecule has 0 N–H and O–H groups in total. The van der Waals surface area contributed by atoms with E-state index in [0.717, 1.165) is 21.4 Å². The summed E-state index contributed by atoms with van der Waals surface area (Å²) in [7, 11) is 1.86. The molecule has 2 aromatic heterocycles. The fourth-order valence-electron chi connectivity index (χ4n) is 1.41. The van der Waals surface area contributed by atoms with Gasteiger partial charge in [-0.05, 0) is 35.1 Å². The quantitative estimate of drug-likeness (QED) is 0.619. The van der Waals surface area contributed by atoms with Crippen LogP contribution in [0.4, 0.5) is 0 Å². The number of aromatic nitrogens is 4. The predicted octanol–water partition coefficient (Wildman–Crippen LogP) is 2.70. The molecule has 0 aliphatic rings. The standard InChI is InChI=1S/C10H10ClIN4/c1-3-6-8(12)9(11)15-10(14-6)7-4-5-13-16(7)2/h4-5H,3H2,1-2H3. The summed E-state index contributed by atoms with van der Waals surface area (Å²) in [5.41, 5.74) is 1.84. The van der Waals surface area contributed by atoms with Crippen molar-refractivity contribution >= 4 is 34.2 Å². The van der Waals surface area contributed by atoms with Crippen LogP contribution in [0.5, 0.6) is 0 Å². The number of hydrogen-bond donors (Lipinski definition) is 0. The summed E-state index contributed by atoms with van der Waals surface area (Å²) in [6.07, 6.45) is 2.56. The van der Waals surface area contributed by atoms with Crippen LogP contribution in [0.25, 0.3) is 11.5 Å². The van der Waals surface area contributed by atoms with Crippen LogP contribution in [-0.2, 0) is 13.5 Å². The lowest BCUT2D eigenvalue weighted by atomic mass is 10.3. The van der Waals surface area contributed by atoms with Gasteiger partial charge in [-0.15, -0.1) is 0 Å². The minimum atomic E-state index is 0.503. The van der Waals surface area contributed by atoms with Crippen molar-refractivity contribution in [2.75, 3.05) is 0 Å². The van der Waals surface area contributed by atoms with Gasteiger partial charge in [-0.3, -0.25) is 4.68 Å². The number of nitrogens with zero attached hydrogens (tertiary/aromatic N) is 4. The Morgan fingerprint density at radius 1 is 1.44 bits per heavy atom. The van der Waals surface area contributed by atoms with Crippen LogP contribution >= 0.6 is 34.2 Å². The van der Waals surface area contributed by atoms with Crippen molar-refractivity contribution in [3.05, 3.63) is 26.7 Å². The monoisotopic (exact) mass is 348 g/mol. The van der Waals surface area contributed by atoms with E-state index in [9.17, 15) is 0 Å². The molecule has 4 nitrogen and oxygen atoms in total. The third kappa shape index (κ3) is 2.06. The molecule has 0 aliphatic heterocycles. The van der Waals surface area contributed by atoms with Gasteiger partial charge in [-0.2, -0.15) is 5.10 Å². The first-order valence-corrected chi connectivity index (χ1v) is 6.29. The fourth-order valence-corrected chi connectivity index (χ4v) is 2.22. The van der Waals surface area contributed by atoms with E-state index in [4.69, 9.17) is 11.6 Å². The van der Waals surface area contributed by atoms with Crippen molar-refractivity contribution < 1.29 is 0 Å². The Morgan fingerprint density at radius 3 is 2.75 bits per heavy atom. The Hall–Kier alpha value is -0.690. The summed E-state index contributed by atoms with van der Waals surface area (Å²) in [5, 5.41) is 4.60. The molecule has 0 saturated heterocycles. The number of aryl methyl sites for hydroxylation is 2. The van der Waals surface area contributed by atoms with Gasteiger partial charge in [0.1, 0.15) is 10.8 Å². The summed E-state index contributed by atoms with van der Waals surface area (Å²) in [4.78, 5) is 8.76. The van der Waals surface area contributed by atoms with Crippen LogP contribution < -0.4 is 0 Å². The average molecular weight is 349 g/mol. The van der Waals surface area contributed by atoms with Crippen molar-refractivity contribution in [2.45, 2.75) is 13.3 Å². The van der Waals surface area contributed by atoms with Gasteiger partial charge in [0.15, 0.2) is 5.82 Å². The molecule has 0 bridgehead atoms. The molecule has 6 heteroatoms. The van der Waals surface area contributed by atoms with Gasteiger partial charge >= 0.3 is 0 Å². The molecule has 0 spiro atoms. The molecular weight excluding hydrogens is 338 g/mol. The van der Waals surface area contributed by atoms with Gasteiger partial charge in [0.2, 0.25) is 0 Å². The highest BCUT2D eigenvalue weighted by Crippen LogP contribution is 2.23. The Kier molecular flexibility index (Phi) is 3.44. The molecule has 0 unspecified atom stereocenters. The maximum Gasteiger partial charge on any atom is 0.179 e. The van der Waals surface area contributed by atoms with E-state index in [1.165, 1.54) is 0 Å². The molecule has 0 fully saturated rings.